The van der Waals surface area contributed by atoms with Gasteiger partial charge in [0.25, 0.3) is 0 Å². The Morgan fingerprint density at radius 2 is 1.97 bits per heavy atom. The first-order valence-corrected chi connectivity index (χ1v) is 10.4. The first-order valence-electron chi connectivity index (χ1n) is 9.50. The molecule has 30 heavy (non-hydrogen) atoms. The van der Waals surface area contributed by atoms with Gasteiger partial charge in [0.15, 0.2) is 5.78 Å². The number of aromatic nitrogens is 1. The minimum absolute atomic E-state index is 0.0638. The third-order valence-electron chi connectivity index (χ3n) is 4.84. The van der Waals surface area contributed by atoms with Crippen LogP contribution in [0.2, 0.25) is 0 Å². The van der Waals surface area contributed by atoms with Crippen LogP contribution in [0.25, 0.3) is 21.0 Å². The van der Waals surface area contributed by atoms with Gasteiger partial charge in [-0.1, -0.05) is 18.2 Å². The van der Waals surface area contributed by atoms with Crippen LogP contribution in [0.4, 0.5) is 11.5 Å². The summed E-state index contributed by atoms with van der Waals surface area (Å²) in [4.78, 5) is 28.4. The summed E-state index contributed by atoms with van der Waals surface area (Å²) in [6.45, 7) is 0.555. The van der Waals surface area contributed by atoms with Gasteiger partial charge in [-0.05, 0) is 42.1 Å². The lowest BCUT2D eigenvalue weighted by atomic mass is 10.1. The number of anilines is 2. The molecule has 2 heterocycles. The van der Waals surface area contributed by atoms with Crippen molar-refractivity contribution in [3.63, 3.8) is 0 Å². The molecule has 2 aromatic heterocycles. The van der Waals surface area contributed by atoms with Crippen LogP contribution in [0.15, 0.2) is 53.9 Å². The number of Topliss-reactive ketones (excluding diaryl/α,β-unsaturated/α-hetero) is 1. The van der Waals surface area contributed by atoms with E-state index in [9.17, 15) is 14.7 Å². The Bertz CT molecular complexity index is 1250. The molecule has 0 spiro atoms. The van der Waals surface area contributed by atoms with Gasteiger partial charge < -0.3 is 15.2 Å². The van der Waals surface area contributed by atoms with Crippen LogP contribution in [0.3, 0.4) is 0 Å². The second-order valence-electron chi connectivity index (χ2n) is 6.89. The first kappa shape index (κ1) is 20.0. The number of benzene rings is 2. The van der Waals surface area contributed by atoms with Gasteiger partial charge in [0.05, 0.1) is 11.1 Å². The van der Waals surface area contributed by atoms with Gasteiger partial charge >= 0.3 is 5.97 Å². The highest BCUT2D eigenvalue weighted by molar-refractivity contribution is 7.18. The predicted molar refractivity (Wildman–Crippen MR) is 119 cm³/mol. The van der Waals surface area contributed by atoms with Crippen LogP contribution in [0.1, 0.15) is 33.6 Å². The number of methoxy groups -OCH3 is 1. The summed E-state index contributed by atoms with van der Waals surface area (Å²) in [5, 5.41) is 16.5. The second-order valence-corrected chi connectivity index (χ2v) is 7.80. The number of carboxylic acid groups (broad SMARTS) is 1. The topological polar surface area (TPSA) is 88.5 Å². The number of ketones is 1. The number of carbonyl (C=O) groups excluding carboxylic acids is 1. The largest absolute Gasteiger partial charge is 0.478 e. The maximum absolute atomic E-state index is 12.4. The zero-order valence-corrected chi connectivity index (χ0v) is 17.2. The zero-order valence-electron chi connectivity index (χ0n) is 16.3. The van der Waals surface area contributed by atoms with Crippen LogP contribution in [0, 0.1) is 0 Å². The van der Waals surface area contributed by atoms with Crippen LogP contribution < -0.4 is 5.32 Å². The average Bonchev–Trinajstić information content (AvgIpc) is 3.24. The highest BCUT2D eigenvalue weighted by Gasteiger charge is 2.13. The van der Waals surface area contributed by atoms with Crippen LogP contribution in [-0.2, 0) is 4.74 Å². The van der Waals surface area contributed by atoms with Crippen molar-refractivity contribution < 1.29 is 19.4 Å². The van der Waals surface area contributed by atoms with Crippen molar-refractivity contribution in [2.45, 2.75) is 12.8 Å². The van der Waals surface area contributed by atoms with Gasteiger partial charge in [-0.3, -0.25) is 4.79 Å². The van der Waals surface area contributed by atoms with Crippen LogP contribution in [0.5, 0.6) is 0 Å². The number of fused-ring (bicyclic) bond motifs is 3. The van der Waals surface area contributed by atoms with Gasteiger partial charge in [-0.15, -0.1) is 11.3 Å². The molecule has 0 aliphatic rings. The lowest BCUT2D eigenvalue weighted by Gasteiger charge is -2.11. The highest BCUT2D eigenvalue weighted by atomic mass is 32.1. The Labute approximate surface area is 177 Å². The molecular weight excluding hydrogens is 400 g/mol. The van der Waals surface area contributed by atoms with E-state index < -0.39 is 5.97 Å². The van der Waals surface area contributed by atoms with E-state index in [2.05, 4.69) is 10.3 Å². The van der Waals surface area contributed by atoms with E-state index in [0.717, 1.165) is 21.2 Å². The van der Waals surface area contributed by atoms with E-state index in [4.69, 9.17) is 4.74 Å². The van der Waals surface area contributed by atoms with E-state index in [-0.39, 0.29) is 11.3 Å². The van der Waals surface area contributed by atoms with Gasteiger partial charge in [0, 0.05) is 46.9 Å². The number of hydrogen-bond donors (Lipinski definition) is 2. The highest BCUT2D eigenvalue weighted by Crippen LogP contribution is 2.35. The van der Waals surface area contributed by atoms with Crippen molar-refractivity contribution >= 4 is 55.6 Å². The standard InChI is InChI=1S/C23H20N2O4S/c1-29-10-3-6-20(26)14-4-2-5-16(12-14)24-22-18-9-11-30-21(18)17-8-7-15(23(27)28)13-19(17)25-22/h2,4-5,7-9,11-13H,3,6,10H2,1H3,(H,24,25)(H,27,28). The molecule has 6 nitrogen and oxygen atoms in total. The fraction of sp³-hybridized carbons (Fsp3) is 0.174. The van der Waals surface area contributed by atoms with Crippen LogP contribution in [-0.4, -0.2) is 35.6 Å². The Kier molecular flexibility index (Phi) is 5.74. The number of ether oxygens (including phenoxy) is 1. The maximum Gasteiger partial charge on any atom is 0.335 e. The first-order chi connectivity index (χ1) is 14.6. The zero-order chi connectivity index (χ0) is 21.1. The Balaban J connectivity index is 1.69. The van der Waals surface area contributed by atoms with Crippen molar-refractivity contribution in [2.75, 3.05) is 19.0 Å². The number of thiophene rings is 1. The van der Waals surface area contributed by atoms with Crippen molar-refractivity contribution in [3.05, 3.63) is 65.0 Å². The Morgan fingerprint density at radius 3 is 2.77 bits per heavy atom. The summed E-state index contributed by atoms with van der Waals surface area (Å²) in [5.41, 5.74) is 2.19. The predicted octanol–water partition coefficient (Wildman–Crippen LogP) is 5.50. The van der Waals surface area contributed by atoms with Gasteiger partial charge in [-0.25, -0.2) is 9.78 Å². The summed E-state index contributed by atoms with van der Waals surface area (Å²) in [6, 6.07) is 14.3. The molecule has 0 saturated heterocycles. The van der Waals surface area contributed by atoms with E-state index in [1.54, 1.807) is 42.7 Å². The minimum atomic E-state index is -0.987. The monoisotopic (exact) mass is 420 g/mol. The molecular formula is C23H20N2O4S. The minimum Gasteiger partial charge on any atom is -0.478 e. The molecule has 2 aromatic carbocycles. The third kappa shape index (κ3) is 4.03. The van der Waals surface area contributed by atoms with Gasteiger partial charge in [0.2, 0.25) is 0 Å². The number of nitrogens with zero attached hydrogens (tertiary/aromatic N) is 1. The molecule has 7 heteroatoms. The van der Waals surface area contributed by atoms with Gasteiger partial charge in [0.1, 0.15) is 5.82 Å². The molecule has 0 amide bonds. The average molecular weight is 420 g/mol. The fourth-order valence-corrected chi connectivity index (χ4v) is 4.29. The Hall–Kier alpha value is -3.29. The molecule has 0 unspecified atom stereocenters. The number of carboxylic acids is 1. The van der Waals surface area contributed by atoms with E-state index >= 15 is 0 Å². The second kappa shape index (κ2) is 8.61. The van der Waals surface area contributed by atoms with E-state index in [1.807, 2.05) is 29.6 Å². The number of carbonyl (C=O) groups is 2. The molecule has 0 aliphatic carbocycles. The molecule has 0 bridgehead atoms. The van der Waals surface area contributed by atoms with Crippen molar-refractivity contribution in [2.24, 2.45) is 0 Å². The lowest BCUT2D eigenvalue weighted by Crippen LogP contribution is -2.03. The number of aromatic carboxylic acids is 1. The quantitative estimate of drug-likeness (QED) is 0.289. The summed E-state index contributed by atoms with van der Waals surface area (Å²) in [6.07, 6.45) is 1.11. The summed E-state index contributed by atoms with van der Waals surface area (Å²) >= 11 is 1.58. The fourth-order valence-electron chi connectivity index (χ4n) is 3.36. The summed E-state index contributed by atoms with van der Waals surface area (Å²) in [7, 11) is 1.62. The molecule has 0 fully saturated rings. The number of nitrogens with one attached hydrogen (secondary N) is 1. The molecule has 152 valence electrons. The van der Waals surface area contributed by atoms with Gasteiger partial charge in [-0.2, -0.15) is 0 Å². The molecule has 4 rings (SSSR count). The number of pyridine rings is 1. The maximum atomic E-state index is 12.4. The van der Waals surface area contributed by atoms with Crippen molar-refractivity contribution in [1.29, 1.82) is 0 Å². The normalized spacial score (nSPS) is 11.1. The van der Waals surface area contributed by atoms with E-state index in [0.29, 0.717) is 36.3 Å². The molecule has 0 atom stereocenters. The van der Waals surface area contributed by atoms with Crippen LogP contribution >= 0.6 is 11.3 Å². The molecule has 0 radical (unpaired) electrons. The van der Waals surface area contributed by atoms with Crippen molar-refractivity contribution in [1.82, 2.24) is 4.98 Å². The molecule has 2 N–H and O–H groups in total. The summed E-state index contributed by atoms with van der Waals surface area (Å²) < 4.78 is 6.05. The summed E-state index contributed by atoms with van der Waals surface area (Å²) in [5.74, 6) is -0.293. The van der Waals surface area contributed by atoms with E-state index in [1.165, 1.54) is 0 Å². The number of hydrogen-bond acceptors (Lipinski definition) is 6. The smallest absolute Gasteiger partial charge is 0.335 e. The van der Waals surface area contributed by atoms with Crippen molar-refractivity contribution in [3.8, 4) is 0 Å². The Morgan fingerprint density at radius 1 is 1.10 bits per heavy atom. The number of rotatable bonds is 8. The molecule has 0 saturated carbocycles. The molecule has 4 aromatic rings. The lowest BCUT2D eigenvalue weighted by molar-refractivity contribution is 0.0696. The SMILES string of the molecule is COCCCC(=O)c1cccc(Nc2nc3cc(C(=O)O)ccc3c3sccc23)c1. The molecule has 0 aliphatic heterocycles. The third-order valence-corrected chi connectivity index (χ3v) is 5.79.